The van der Waals surface area contributed by atoms with Gasteiger partial charge >= 0.3 is 0 Å². The summed E-state index contributed by atoms with van der Waals surface area (Å²) in [5, 5.41) is 12.0. The molecule has 0 aliphatic carbocycles. The Balaban J connectivity index is 2.21. The molecule has 0 atom stereocenters. The van der Waals surface area contributed by atoms with Gasteiger partial charge in [0, 0.05) is 12.8 Å². The van der Waals surface area contributed by atoms with Crippen LogP contribution in [0, 0.1) is 11.3 Å². The average Bonchev–Trinajstić information content (AvgIpc) is 2.42. The molecule has 0 spiro atoms. The highest BCUT2D eigenvalue weighted by Gasteiger charge is 2.03. The fraction of sp³-hybridized carbons (Fsp3) is 0.143. The van der Waals surface area contributed by atoms with E-state index in [4.69, 9.17) is 15.7 Å². The third-order valence-electron chi connectivity index (χ3n) is 2.54. The van der Waals surface area contributed by atoms with Crippen LogP contribution in [0.5, 0.6) is 0 Å². The molecule has 0 saturated carbocycles. The van der Waals surface area contributed by atoms with E-state index in [0.717, 1.165) is 11.3 Å². The molecule has 0 radical (unpaired) electrons. The van der Waals surface area contributed by atoms with E-state index in [9.17, 15) is 0 Å². The van der Waals surface area contributed by atoms with Crippen molar-refractivity contribution in [1.29, 1.82) is 5.26 Å². The lowest BCUT2D eigenvalue weighted by Gasteiger charge is -2.08. The third-order valence-corrected chi connectivity index (χ3v) is 2.54. The van der Waals surface area contributed by atoms with Crippen LogP contribution in [0.4, 0.5) is 17.2 Å². The maximum Gasteiger partial charge on any atom is 0.165 e. The molecular weight excluding hydrogens is 240 g/mol. The molecule has 96 valence electrons. The lowest BCUT2D eigenvalue weighted by Crippen LogP contribution is -1.99. The van der Waals surface area contributed by atoms with Crippen molar-refractivity contribution in [1.82, 2.24) is 4.98 Å². The van der Waals surface area contributed by atoms with E-state index in [-0.39, 0.29) is 5.69 Å². The van der Waals surface area contributed by atoms with Gasteiger partial charge in [-0.25, -0.2) is 4.98 Å². The largest absolute Gasteiger partial charge is 0.396 e. The molecule has 0 amide bonds. The van der Waals surface area contributed by atoms with E-state index in [0.29, 0.717) is 18.1 Å². The summed E-state index contributed by atoms with van der Waals surface area (Å²) in [4.78, 5) is 4.13. The lowest BCUT2D eigenvalue weighted by atomic mass is 10.2. The van der Waals surface area contributed by atoms with Gasteiger partial charge in [-0.15, -0.1) is 0 Å². The highest BCUT2D eigenvalue weighted by molar-refractivity contribution is 5.61. The maximum atomic E-state index is 8.89. The van der Waals surface area contributed by atoms with Crippen molar-refractivity contribution >= 4 is 17.2 Å². The molecule has 0 saturated heterocycles. The summed E-state index contributed by atoms with van der Waals surface area (Å²) in [6.07, 6.45) is 0. The second kappa shape index (κ2) is 5.85. The zero-order valence-corrected chi connectivity index (χ0v) is 10.6. The fourth-order valence-electron chi connectivity index (χ4n) is 1.68. The summed E-state index contributed by atoms with van der Waals surface area (Å²) < 4.78 is 5.08. The van der Waals surface area contributed by atoms with Crippen molar-refractivity contribution in [2.75, 3.05) is 18.2 Å². The van der Waals surface area contributed by atoms with Crippen molar-refractivity contribution < 1.29 is 4.74 Å². The van der Waals surface area contributed by atoms with Gasteiger partial charge in [0.05, 0.1) is 12.3 Å². The van der Waals surface area contributed by atoms with Gasteiger partial charge < -0.3 is 15.8 Å². The van der Waals surface area contributed by atoms with Gasteiger partial charge in [0.2, 0.25) is 0 Å². The number of nitrogen functional groups attached to an aromatic ring is 1. The predicted octanol–water partition coefficient (Wildman–Crippen LogP) is 2.43. The van der Waals surface area contributed by atoms with Gasteiger partial charge in [0.25, 0.3) is 0 Å². The minimum absolute atomic E-state index is 0.220. The fourth-order valence-corrected chi connectivity index (χ4v) is 1.68. The molecule has 1 heterocycles. The molecule has 3 N–H and O–H groups in total. The molecule has 0 unspecified atom stereocenters. The Morgan fingerprint density at radius 2 is 2.21 bits per heavy atom. The topological polar surface area (TPSA) is 84.0 Å². The van der Waals surface area contributed by atoms with Crippen molar-refractivity contribution in [3.8, 4) is 6.07 Å². The van der Waals surface area contributed by atoms with Crippen LogP contribution in [0.2, 0.25) is 0 Å². The summed E-state index contributed by atoms with van der Waals surface area (Å²) in [5.74, 6) is 0.584. The van der Waals surface area contributed by atoms with E-state index in [1.54, 1.807) is 19.2 Å². The Bertz CT molecular complexity index is 619. The zero-order valence-electron chi connectivity index (χ0n) is 10.6. The Kier molecular flexibility index (Phi) is 3.96. The molecule has 2 rings (SSSR count). The Morgan fingerprint density at radius 1 is 1.37 bits per heavy atom. The SMILES string of the molecule is COCc1cccc(Nc2ccc(N)c(C#N)n2)c1. The van der Waals surface area contributed by atoms with Gasteiger partial charge in [-0.3, -0.25) is 0 Å². The average molecular weight is 254 g/mol. The number of rotatable bonds is 4. The molecule has 5 nitrogen and oxygen atoms in total. The lowest BCUT2D eigenvalue weighted by molar-refractivity contribution is 0.185. The highest BCUT2D eigenvalue weighted by Crippen LogP contribution is 2.18. The minimum atomic E-state index is 0.220. The van der Waals surface area contributed by atoms with E-state index >= 15 is 0 Å². The standard InChI is InChI=1S/C14H14N4O/c1-19-9-10-3-2-4-11(7-10)17-14-6-5-12(16)13(8-15)18-14/h2-7H,9,16H2,1H3,(H,17,18). The quantitative estimate of drug-likeness (QED) is 0.875. The number of methoxy groups -OCH3 is 1. The number of nitrogens with one attached hydrogen (secondary N) is 1. The van der Waals surface area contributed by atoms with E-state index < -0.39 is 0 Å². The second-order valence-corrected chi connectivity index (χ2v) is 4.00. The van der Waals surface area contributed by atoms with Crippen molar-refractivity contribution in [2.45, 2.75) is 6.61 Å². The predicted molar refractivity (Wildman–Crippen MR) is 73.8 cm³/mol. The van der Waals surface area contributed by atoms with Crippen LogP contribution >= 0.6 is 0 Å². The van der Waals surface area contributed by atoms with Crippen LogP contribution in [-0.2, 0) is 11.3 Å². The number of nitriles is 1. The molecule has 1 aromatic carbocycles. The number of hydrogen-bond donors (Lipinski definition) is 2. The zero-order chi connectivity index (χ0) is 13.7. The molecule has 1 aromatic heterocycles. The molecule has 0 aliphatic rings. The summed E-state index contributed by atoms with van der Waals surface area (Å²) in [7, 11) is 1.65. The van der Waals surface area contributed by atoms with Gasteiger partial charge in [-0.1, -0.05) is 12.1 Å². The van der Waals surface area contributed by atoms with Crippen molar-refractivity contribution in [2.24, 2.45) is 0 Å². The first kappa shape index (κ1) is 12.9. The summed E-state index contributed by atoms with van der Waals surface area (Å²) in [5.41, 5.74) is 8.17. The molecule has 0 bridgehead atoms. The number of nitrogens with two attached hydrogens (primary N) is 1. The molecule has 0 aliphatic heterocycles. The first-order valence-corrected chi connectivity index (χ1v) is 5.74. The Morgan fingerprint density at radius 3 is 2.95 bits per heavy atom. The van der Waals surface area contributed by atoms with Gasteiger partial charge in [0.1, 0.15) is 11.9 Å². The minimum Gasteiger partial charge on any atom is -0.396 e. The first-order chi connectivity index (χ1) is 9.22. The number of nitrogens with zero attached hydrogens (tertiary/aromatic N) is 2. The Labute approximate surface area is 111 Å². The van der Waals surface area contributed by atoms with Crippen LogP contribution in [0.25, 0.3) is 0 Å². The van der Waals surface area contributed by atoms with Gasteiger partial charge in [-0.2, -0.15) is 5.26 Å². The molecule has 5 heteroatoms. The number of aromatic nitrogens is 1. The smallest absolute Gasteiger partial charge is 0.165 e. The van der Waals surface area contributed by atoms with Gasteiger partial charge in [0.15, 0.2) is 5.69 Å². The first-order valence-electron chi connectivity index (χ1n) is 5.74. The monoisotopic (exact) mass is 254 g/mol. The second-order valence-electron chi connectivity index (χ2n) is 4.00. The van der Waals surface area contributed by atoms with Crippen LogP contribution in [0.1, 0.15) is 11.3 Å². The van der Waals surface area contributed by atoms with Crippen LogP contribution in [0.15, 0.2) is 36.4 Å². The molecule has 19 heavy (non-hydrogen) atoms. The summed E-state index contributed by atoms with van der Waals surface area (Å²) in [6.45, 7) is 0.550. The molecule has 0 fully saturated rings. The normalized spacial score (nSPS) is 9.89. The summed E-state index contributed by atoms with van der Waals surface area (Å²) >= 11 is 0. The van der Waals surface area contributed by atoms with E-state index in [2.05, 4.69) is 10.3 Å². The Hall–Kier alpha value is -2.58. The number of ether oxygens (including phenoxy) is 1. The highest BCUT2D eigenvalue weighted by atomic mass is 16.5. The third kappa shape index (κ3) is 3.21. The maximum absolute atomic E-state index is 8.89. The van der Waals surface area contributed by atoms with Crippen LogP contribution in [0.3, 0.4) is 0 Å². The number of pyridine rings is 1. The van der Waals surface area contributed by atoms with E-state index in [1.807, 2.05) is 30.3 Å². The number of benzene rings is 1. The van der Waals surface area contributed by atoms with Crippen molar-refractivity contribution in [3.05, 3.63) is 47.7 Å². The van der Waals surface area contributed by atoms with Crippen molar-refractivity contribution in [3.63, 3.8) is 0 Å². The number of anilines is 3. The summed E-state index contributed by atoms with van der Waals surface area (Å²) in [6, 6.07) is 13.1. The van der Waals surface area contributed by atoms with Gasteiger partial charge in [-0.05, 0) is 29.8 Å². The van der Waals surface area contributed by atoms with E-state index in [1.165, 1.54) is 0 Å². The molecule has 2 aromatic rings. The van der Waals surface area contributed by atoms with Crippen LogP contribution in [-0.4, -0.2) is 12.1 Å². The molecular formula is C14H14N4O. The number of hydrogen-bond acceptors (Lipinski definition) is 5. The van der Waals surface area contributed by atoms with Crippen LogP contribution < -0.4 is 11.1 Å².